The van der Waals surface area contributed by atoms with Gasteiger partial charge in [0.15, 0.2) is 0 Å². The number of hydrogen-bond donors (Lipinski definition) is 1. The molecule has 23 heavy (non-hydrogen) atoms. The van der Waals surface area contributed by atoms with E-state index in [0.717, 1.165) is 32.4 Å². The highest BCUT2D eigenvalue weighted by Crippen LogP contribution is 2.35. The molecule has 122 valence electrons. The van der Waals surface area contributed by atoms with Crippen molar-refractivity contribution in [2.75, 3.05) is 13.1 Å². The first-order chi connectivity index (χ1) is 11.1. The van der Waals surface area contributed by atoms with Gasteiger partial charge in [0.05, 0.1) is 12.1 Å². The molecule has 4 nitrogen and oxygen atoms in total. The monoisotopic (exact) mass is 312 g/mol. The molecule has 0 bridgehead atoms. The molecule has 1 saturated heterocycles. The molecule has 2 aromatic rings. The molecule has 0 radical (unpaired) electrons. The van der Waals surface area contributed by atoms with Crippen LogP contribution >= 0.6 is 0 Å². The van der Waals surface area contributed by atoms with Crippen LogP contribution in [0.3, 0.4) is 0 Å². The molecule has 1 atom stereocenters. The van der Waals surface area contributed by atoms with E-state index in [-0.39, 0.29) is 11.3 Å². The molecule has 1 amide bonds. The largest absolute Gasteiger partial charge is 0.467 e. The fourth-order valence-corrected chi connectivity index (χ4v) is 3.27. The van der Waals surface area contributed by atoms with Crippen LogP contribution in [0.1, 0.15) is 41.4 Å². The minimum Gasteiger partial charge on any atom is -0.467 e. The van der Waals surface area contributed by atoms with Crippen molar-refractivity contribution in [2.45, 2.75) is 32.7 Å². The average molecular weight is 312 g/mol. The number of benzene rings is 1. The standard InChI is InChI=1S/C19H24N2O2/c1-19(8-7-15-5-3-2-4-6-15)9-10-21(14-19)18(22)16-11-17(12-20)23-13-16/h2-6,11,13H,7-10,12,14,20H2,1H3. The van der Waals surface area contributed by atoms with Crippen LogP contribution in [0.4, 0.5) is 0 Å². The second-order valence-electron chi connectivity index (χ2n) is 6.78. The van der Waals surface area contributed by atoms with Gasteiger partial charge >= 0.3 is 0 Å². The molecule has 2 heterocycles. The lowest BCUT2D eigenvalue weighted by molar-refractivity contribution is 0.0773. The normalized spacial score (nSPS) is 20.9. The number of hydrogen-bond acceptors (Lipinski definition) is 3. The van der Waals surface area contributed by atoms with Gasteiger partial charge in [-0.2, -0.15) is 0 Å². The van der Waals surface area contributed by atoms with Crippen LogP contribution in [0.15, 0.2) is 47.1 Å². The maximum atomic E-state index is 12.6. The molecule has 3 rings (SSSR count). The topological polar surface area (TPSA) is 59.5 Å². The first-order valence-corrected chi connectivity index (χ1v) is 8.20. The van der Waals surface area contributed by atoms with Crippen molar-refractivity contribution in [3.8, 4) is 0 Å². The van der Waals surface area contributed by atoms with E-state index < -0.39 is 0 Å². The zero-order valence-electron chi connectivity index (χ0n) is 13.6. The molecule has 0 saturated carbocycles. The third-order valence-corrected chi connectivity index (χ3v) is 4.81. The summed E-state index contributed by atoms with van der Waals surface area (Å²) in [6, 6.07) is 12.3. The van der Waals surface area contributed by atoms with E-state index in [1.807, 2.05) is 11.0 Å². The molecule has 1 fully saturated rings. The lowest BCUT2D eigenvalue weighted by Crippen LogP contribution is -2.31. The zero-order chi connectivity index (χ0) is 16.3. The Hall–Kier alpha value is -2.07. The van der Waals surface area contributed by atoms with E-state index >= 15 is 0 Å². The Kier molecular flexibility index (Phi) is 4.53. The Morgan fingerprint density at radius 1 is 1.35 bits per heavy atom. The third-order valence-electron chi connectivity index (χ3n) is 4.81. The molecule has 4 heteroatoms. The van der Waals surface area contributed by atoms with Gasteiger partial charge in [0.2, 0.25) is 0 Å². The van der Waals surface area contributed by atoms with Gasteiger partial charge in [0, 0.05) is 13.1 Å². The summed E-state index contributed by atoms with van der Waals surface area (Å²) in [7, 11) is 0. The van der Waals surface area contributed by atoms with Gasteiger partial charge in [-0.3, -0.25) is 4.79 Å². The number of furan rings is 1. The van der Waals surface area contributed by atoms with Gasteiger partial charge in [-0.1, -0.05) is 37.3 Å². The summed E-state index contributed by atoms with van der Waals surface area (Å²) in [5.74, 6) is 0.705. The maximum absolute atomic E-state index is 12.6. The van der Waals surface area contributed by atoms with Crippen molar-refractivity contribution in [2.24, 2.45) is 11.1 Å². The summed E-state index contributed by atoms with van der Waals surface area (Å²) in [6.45, 7) is 4.22. The summed E-state index contributed by atoms with van der Waals surface area (Å²) >= 11 is 0. The van der Waals surface area contributed by atoms with E-state index in [9.17, 15) is 4.79 Å². The molecular weight excluding hydrogens is 288 g/mol. The van der Waals surface area contributed by atoms with Crippen LogP contribution in [0.5, 0.6) is 0 Å². The number of carbonyl (C=O) groups is 1. The average Bonchev–Trinajstić information content (AvgIpc) is 3.21. The fraction of sp³-hybridized carbons (Fsp3) is 0.421. The Labute approximate surface area is 137 Å². The summed E-state index contributed by atoms with van der Waals surface area (Å²) < 4.78 is 5.28. The van der Waals surface area contributed by atoms with Gasteiger partial charge in [-0.15, -0.1) is 0 Å². The van der Waals surface area contributed by atoms with Gasteiger partial charge in [0.25, 0.3) is 5.91 Å². The highest BCUT2D eigenvalue weighted by Gasteiger charge is 2.36. The first kappa shape index (κ1) is 15.8. The van der Waals surface area contributed by atoms with Gasteiger partial charge < -0.3 is 15.1 Å². The predicted molar refractivity (Wildman–Crippen MR) is 90.0 cm³/mol. The van der Waals surface area contributed by atoms with Crippen molar-refractivity contribution in [1.29, 1.82) is 0 Å². The first-order valence-electron chi connectivity index (χ1n) is 8.20. The molecule has 1 aromatic heterocycles. The summed E-state index contributed by atoms with van der Waals surface area (Å²) in [6.07, 6.45) is 4.72. The van der Waals surface area contributed by atoms with Crippen molar-refractivity contribution in [3.05, 3.63) is 59.5 Å². The third kappa shape index (κ3) is 3.64. The van der Waals surface area contributed by atoms with E-state index in [1.165, 1.54) is 11.8 Å². The van der Waals surface area contributed by atoms with Crippen molar-refractivity contribution < 1.29 is 9.21 Å². The SMILES string of the molecule is CC1(CCc2ccccc2)CCN(C(=O)c2coc(CN)c2)C1. The molecule has 0 aliphatic carbocycles. The summed E-state index contributed by atoms with van der Waals surface area (Å²) in [5, 5.41) is 0. The Bertz CT molecular complexity index is 665. The number of nitrogens with two attached hydrogens (primary N) is 1. The lowest BCUT2D eigenvalue weighted by atomic mass is 9.83. The van der Waals surface area contributed by atoms with Gasteiger partial charge in [-0.25, -0.2) is 0 Å². The van der Waals surface area contributed by atoms with Crippen LogP contribution in [-0.2, 0) is 13.0 Å². The minimum atomic E-state index is 0.0527. The number of carbonyl (C=O) groups excluding carboxylic acids is 1. The Morgan fingerprint density at radius 3 is 2.83 bits per heavy atom. The molecule has 1 aliphatic rings. The van der Waals surface area contributed by atoms with E-state index in [4.69, 9.17) is 10.2 Å². The quantitative estimate of drug-likeness (QED) is 0.922. The van der Waals surface area contributed by atoms with E-state index in [2.05, 4.69) is 31.2 Å². The summed E-state index contributed by atoms with van der Waals surface area (Å²) in [5.41, 5.74) is 7.69. The van der Waals surface area contributed by atoms with E-state index in [1.54, 1.807) is 6.07 Å². The van der Waals surface area contributed by atoms with Crippen LogP contribution in [-0.4, -0.2) is 23.9 Å². The fourth-order valence-electron chi connectivity index (χ4n) is 3.27. The molecule has 2 N–H and O–H groups in total. The molecule has 0 spiro atoms. The highest BCUT2D eigenvalue weighted by molar-refractivity contribution is 5.94. The van der Waals surface area contributed by atoms with Crippen LogP contribution in [0.2, 0.25) is 0 Å². The van der Waals surface area contributed by atoms with Crippen LogP contribution < -0.4 is 5.73 Å². The molecule has 1 aliphatic heterocycles. The summed E-state index contributed by atoms with van der Waals surface area (Å²) in [4.78, 5) is 14.5. The highest BCUT2D eigenvalue weighted by atomic mass is 16.3. The molecule has 1 aromatic carbocycles. The second-order valence-corrected chi connectivity index (χ2v) is 6.78. The Morgan fingerprint density at radius 2 is 2.13 bits per heavy atom. The predicted octanol–water partition coefficient (Wildman–Crippen LogP) is 3.22. The van der Waals surface area contributed by atoms with Crippen molar-refractivity contribution in [1.82, 2.24) is 4.90 Å². The number of rotatable bonds is 5. The van der Waals surface area contributed by atoms with Gasteiger partial charge in [-0.05, 0) is 36.3 Å². The van der Waals surface area contributed by atoms with E-state index in [0.29, 0.717) is 17.9 Å². The molecule has 1 unspecified atom stereocenters. The van der Waals surface area contributed by atoms with Gasteiger partial charge in [0.1, 0.15) is 12.0 Å². The van der Waals surface area contributed by atoms with Crippen molar-refractivity contribution >= 4 is 5.91 Å². The smallest absolute Gasteiger partial charge is 0.257 e. The van der Waals surface area contributed by atoms with Crippen molar-refractivity contribution in [3.63, 3.8) is 0 Å². The lowest BCUT2D eigenvalue weighted by Gasteiger charge is -2.24. The zero-order valence-corrected chi connectivity index (χ0v) is 13.6. The maximum Gasteiger partial charge on any atom is 0.257 e. The second kappa shape index (κ2) is 6.59. The van der Waals surface area contributed by atoms with Crippen LogP contribution in [0.25, 0.3) is 0 Å². The molecular formula is C19H24N2O2. The number of likely N-dealkylation sites (tertiary alicyclic amines) is 1. The number of nitrogens with zero attached hydrogens (tertiary/aromatic N) is 1. The minimum absolute atomic E-state index is 0.0527. The van der Waals surface area contributed by atoms with Crippen LogP contribution in [0, 0.1) is 5.41 Å². The Balaban J connectivity index is 1.59. The number of amides is 1. The number of aryl methyl sites for hydroxylation is 1.